The average molecular weight is 467 g/mol. The number of hydrogen-bond acceptors (Lipinski definition) is 7. The van der Waals surface area contributed by atoms with Gasteiger partial charge in [0, 0.05) is 24.8 Å². The molecule has 1 saturated heterocycles. The van der Waals surface area contributed by atoms with Crippen LogP contribution in [0.2, 0.25) is 0 Å². The summed E-state index contributed by atoms with van der Waals surface area (Å²) in [6.07, 6.45) is 3.27. The quantitative estimate of drug-likeness (QED) is 0.586. The van der Waals surface area contributed by atoms with Gasteiger partial charge in [-0.05, 0) is 29.1 Å². The molecule has 1 fully saturated rings. The van der Waals surface area contributed by atoms with E-state index in [2.05, 4.69) is 11.1 Å². The second kappa shape index (κ2) is 8.02. The van der Waals surface area contributed by atoms with Crippen molar-refractivity contribution >= 4 is 33.0 Å². The minimum Gasteiger partial charge on any atom is -0.489 e. The first-order valence-corrected chi connectivity index (χ1v) is 12.3. The number of fused-ring (bicyclic) bond motifs is 1. The molecule has 32 heavy (non-hydrogen) atoms. The van der Waals surface area contributed by atoms with Crippen molar-refractivity contribution in [3.8, 4) is 22.9 Å². The molecule has 4 heterocycles. The molecule has 0 unspecified atom stereocenters. The summed E-state index contributed by atoms with van der Waals surface area (Å²) in [4.78, 5) is 19.2. The van der Waals surface area contributed by atoms with Crippen LogP contribution in [0.4, 0.5) is 5.69 Å². The summed E-state index contributed by atoms with van der Waals surface area (Å²) in [6, 6.07) is 12.4. The second-order valence-corrected chi connectivity index (χ2v) is 10.6. The summed E-state index contributed by atoms with van der Waals surface area (Å²) in [5.74, 6) is 0.0203. The molecular weight excluding hydrogens is 448 g/mol. The molecule has 162 valence electrons. The number of hydrogen-bond donors (Lipinski definition) is 0. The molecule has 0 spiro atoms. The van der Waals surface area contributed by atoms with Crippen molar-refractivity contribution in [1.29, 1.82) is 5.26 Å². The van der Waals surface area contributed by atoms with E-state index in [1.807, 2.05) is 12.1 Å². The molecule has 0 saturated carbocycles. The van der Waals surface area contributed by atoms with Crippen LogP contribution in [0.25, 0.3) is 11.1 Å². The Morgan fingerprint density at radius 2 is 1.97 bits per heavy atom. The molecule has 1 amide bonds. The van der Waals surface area contributed by atoms with E-state index in [4.69, 9.17) is 10.00 Å². The fraction of sp³-hybridized carbons (Fsp3) is 0.227. The number of carbonyl (C=O) groups excluding carboxylic acids is 1. The molecule has 0 N–H and O–H groups in total. The Morgan fingerprint density at radius 3 is 2.66 bits per heavy atom. The fourth-order valence-electron chi connectivity index (χ4n) is 3.85. The molecule has 1 aromatic carbocycles. The summed E-state index contributed by atoms with van der Waals surface area (Å²) in [5, 5.41) is 10.7. The van der Waals surface area contributed by atoms with E-state index in [-0.39, 0.29) is 23.2 Å². The van der Waals surface area contributed by atoms with Crippen LogP contribution in [0.3, 0.4) is 0 Å². The molecule has 0 atom stereocenters. The van der Waals surface area contributed by atoms with Gasteiger partial charge in [-0.1, -0.05) is 18.2 Å². The zero-order valence-corrected chi connectivity index (χ0v) is 18.5. The summed E-state index contributed by atoms with van der Waals surface area (Å²) in [5.41, 5.74) is 2.69. The number of amides is 1. The van der Waals surface area contributed by atoms with Gasteiger partial charge in [-0.25, -0.2) is 8.42 Å². The number of thiophene rings is 1. The Bertz CT molecular complexity index is 1310. The molecular formula is C22H18N4O4S2. The van der Waals surface area contributed by atoms with Gasteiger partial charge in [0.15, 0.2) is 5.75 Å². The monoisotopic (exact) mass is 466 g/mol. The zero-order chi connectivity index (χ0) is 22.3. The van der Waals surface area contributed by atoms with Crippen molar-refractivity contribution in [3.05, 3.63) is 59.7 Å². The van der Waals surface area contributed by atoms with Crippen LogP contribution in [0.1, 0.15) is 5.56 Å². The summed E-state index contributed by atoms with van der Waals surface area (Å²) < 4.78 is 32.8. The highest BCUT2D eigenvalue weighted by Crippen LogP contribution is 2.41. The lowest BCUT2D eigenvalue weighted by Gasteiger charge is -2.40. The van der Waals surface area contributed by atoms with Crippen LogP contribution >= 0.6 is 11.3 Å². The number of nitriles is 1. The topological polar surface area (TPSA) is 104 Å². The van der Waals surface area contributed by atoms with Crippen LogP contribution in [-0.2, 0) is 14.8 Å². The molecule has 10 heteroatoms. The number of benzene rings is 1. The Morgan fingerprint density at radius 1 is 1.19 bits per heavy atom. The average Bonchev–Trinajstić information content (AvgIpc) is 3.33. The number of sulfonamides is 1. The van der Waals surface area contributed by atoms with E-state index in [0.717, 1.165) is 11.1 Å². The highest BCUT2D eigenvalue weighted by atomic mass is 32.2. The molecule has 5 rings (SSSR count). The predicted octanol–water partition coefficient (Wildman–Crippen LogP) is 2.73. The molecule has 0 bridgehead atoms. The molecule has 8 nitrogen and oxygen atoms in total. The van der Waals surface area contributed by atoms with Gasteiger partial charge >= 0.3 is 0 Å². The third-order valence-corrected chi connectivity index (χ3v) is 8.81. The highest BCUT2D eigenvalue weighted by Gasteiger charge is 2.43. The Kier molecular flexibility index (Phi) is 5.17. The number of carbonyl (C=O) groups is 1. The van der Waals surface area contributed by atoms with Crippen molar-refractivity contribution in [1.82, 2.24) is 9.29 Å². The van der Waals surface area contributed by atoms with Crippen molar-refractivity contribution in [2.75, 3.05) is 31.1 Å². The number of nitrogens with zero attached hydrogens (tertiary/aromatic N) is 4. The molecule has 3 aromatic rings. The van der Waals surface area contributed by atoms with Crippen LogP contribution < -0.4 is 9.64 Å². The molecule has 2 aliphatic heterocycles. The number of ether oxygens (including phenoxy) is 1. The van der Waals surface area contributed by atoms with Crippen molar-refractivity contribution in [2.24, 2.45) is 5.92 Å². The summed E-state index contributed by atoms with van der Waals surface area (Å²) >= 11 is 1.17. The number of anilines is 1. The largest absolute Gasteiger partial charge is 0.489 e. The van der Waals surface area contributed by atoms with Crippen molar-refractivity contribution in [3.63, 3.8) is 0 Å². The van der Waals surface area contributed by atoms with Crippen LogP contribution in [0.15, 0.2) is 58.4 Å². The zero-order valence-electron chi connectivity index (χ0n) is 16.8. The maximum absolute atomic E-state index is 13.2. The van der Waals surface area contributed by atoms with Crippen LogP contribution in [0, 0.1) is 17.2 Å². The first-order chi connectivity index (χ1) is 15.5. The molecule has 0 radical (unpaired) electrons. The summed E-state index contributed by atoms with van der Waals surface area (Å²) in [7, 11) is -3.54. The molecule has 0 aliphatic carbocycles. The first-order valence-electron chi connectivity index (χ1n) is 9.95. The predicted molar refractivity (Wildman–Crippen MR) is 119 cm³/mol. The van der Waals surface area contributed by atoms with E-state index < -0.39 is 15.9 Å². The van der Waals surface area contributed by atoms with Gasteiger partial charge in [0.25, 0.3) is 10.0 Å². The Labute approximate surface area is 189 Å². The van der Waals surface area contributed by atoms with E-state index in [0.29, 0.717) is 30.2 Å². The minimum atomic E-state index is -3.54. The number of rotatable bonds is 4. The molecule has 2 aliphatic rings. The first kappa shape index (κ1) is 20.6. The third kappa shape index (κ3) is 3.44. The van der Waals surface area contributed by atoms with Crippen molar-refractivity contribution in [2.45, 2.75) is 4.21 Å². The lowest BCUT2D eigenvalue weighted by Crippen LogP contribution is -2.57. The standard InChI is InChI=1S/C22H18N4O4S2/c23-10-15-3-5-16(6-4-15)18-11-24-12-19-21(18)30-8-7-26(19)22(27)17-13-25(14-17)32(28,29)20-2-1-9-31-20/h1-6,9,11-12,17H,7-8,13-14H2. The van der Waals surface area contributed by atoms with Gasteiger partial charge < -0.3 is 9.64 Å². The minimum absolute atomic E-state index is 0.133. The van der Waals surface area contributed by atoms with E-state index in [9.17, 15) is 13.2 Å². The molecule has 2 aromatic heterocycles. The Balaban J connectivity index is 1.37. The SMILES string of the molecule is N#Cc1ccc(-c2cncc3c2OCCN3C(=O)C2CN(S(=O)(=O)c3cccs3)C2)cc1. The van der Waals surface area contributed by atoms with Crippen LogP contribution in [-0.4, -0.2) is 49.9 Å². The lowest BCUT2D eigenvalue weighted by molar-refractivity contribution is -0.125. The maximum Gasteiger partial charge on any atom is 0.252 e. The van der Waals surface area contributed by atoms with Crippen molar-refractivity contribution < 1.29 is 17.9 Å². The van der Waals surface area contributed by atoms with Crippen LogP contribution in [0.5, 0.6) is 5.75 Å². The maximum atomic E-state index is 13.2. The number of pyridine rings is 1. The van der Waals surface area contributed by atoms with Gasteiger partial charge in [-0.3, -0.25) is 9.78 Å². The summed E-state index contributed by atoms with van der Waals surface area (Å²) in [6.45, 7) is 1.03. The third-order valence-electron chi connectivity index (χ3n) is 5.61. The smallest absolute Gasteiger partial charge is 0.252 e. The van der Waals surface area contributed by atoms with Gasteiger partial charge in [0.1, 0.15) is 16.5 Å². The second-order valence-electron chi connectivity index (χ2n) is 7.51. The van der Waals surface area contributed by atoms with Gasteiger partial charge in [0.05, 0.1) is 30.3 Å². The highest BCUT2D eigenvalue weighted by molar-refractivity contribution is 7.91. The lowest BCUT2D eigenvalue weighted by atomic mass is 10.00. The van der Waals surface area contributed by atoms with E-state index in [1.54, 1.807) is 46.9 Å². The fourth-order valence-corrected chi connectivity index (χ4v) is 6.52. The van der Waals surface area contributed by atoms with E-state index >= 15 is 0 Å². The number of aromatic nitrogens is 1. The van der Waals surface area contributed by atoms with Gasteiger partial charge in [0.2, 0.25) is 5.91 Å². The normalized spacial score (nSPS) is 16.5. The Hall–Kier alpha value is -3.26. The van der Waals surface area contributed by atoms with Gasteiger partial charge in [-0.15, -0.1) is 11.3 Å². The van der Waals surface area contributed by atoms with E-state index in [1.165, 1.54) is 15.6 Å². The van der Waals surface area contributed by atoms with Gasteiger partial charge in [-0.2, -0.15) is 9.57 Å².